The summed E-state index contributed by atoms with van der Waals surface area (Å²) >= 11 is 0. The number of ether oxygens (including phenoxy) is 1. The molecule has 2 nitrogen and oxygen atoms in total. The smallest absolute Gasteiger partial charge is 0.0608 e. The first-order valence-electron chi connectivity index (χ1n) is 12.8. The maximum absolute atomic E-state index is 5.75. The normalized spacial score (nSPS) is 46.3. The fourth-order valence-electron chi connectivity index (χ4n) is 8.36. The van der Waals surface area contributed by atoms with E-state index in [4.69, 9.17) is 4.74 Å². The van der Waals surface area contributed by atoms with Crippen LogP contribution in [0.3, 0.4) is 0 Å². The van der Waals surface area contributed by atoms with Crippen LogP contribution in [0.5, 0.6) is 0 Å². The number of hydrogen-bond acceptors (Lipinski definition) is 2. The molecular formula is C27H47NO. The van der Waals surface area contributed by atoms with Crippen LogP contribution in [0.4, 0.5) is 0 Å². The second-order valence-corrected chi connectivity index (χ2v) is 11.8. The van der Waals surface area contributed by atoms with Crippen molar-refractivity contribution < 1.29 is 4.74 Å². The highest BCUT2D eigenvalue weighted by Gasteiger charge is 2.59. The second kappa shape index (κ2) is 8.30. The van der Waals surface area contributed by atoms with E-state index < -0.39 is 0 Å². The zero-order chi connectivity index (χ0) is 20.8. The maximum atomic E-state index is 5.75. The Kier molecular flexibility index (Phi) is 6.26. The van der Waals surface area contributed by atoms with Gasteiger partial charge in [0.1, 0.15) is 0 Å². The summed E-state index contributed by atoms with van der Waals surface area (Å²) in [6.45, 7) is 13.7. The summed E-state index contributed by atoms with van der Waals surface area (Å²) in [5, 5.41) is 3.94. The van der Waals surface area contributed by atoms with Gasteiger partial charge in [0.05, 0.1) is 6.10 Å². The summed E-state index contributed by atoms with van der Waals surface area (Å²) in [7, 11) is 1.90. The maximum Gasteiger partial charge on any atom is 0.0608 e. The van der Waals surface area contributed by atoms with Crippen molar-refractivity contribution >= 4 is 0 Å². The summed E-state index contributed by atoms with van der Waals surface area (Å²) < 4.78 is 5.75. The van der Waals surface area contributed by atoms with Crippen molar-refractivity contribution in [1.82, 2.24) is 5.32 Å². The third-order valence-electron chi connectivity index (χ3n) is 10.6. The van der Waals surface area contributed by atoms with Crippen molar-refractivity contribution in [2.45, 2.75) is 105 Å². The molecule has 2 heteroatoms. The zero-order valence-corrected chi connectivity index (χ0v) is 20.1. The van der Waals surface area contributed by atoms with Gasteiger partial charge >= 0.3 is 0 Å². The van der Waals surface area contributed by atoms with Gasteiger partial charge in [-0.05, 0) is 105 Å². The first kappa shape index (κ1) is 21.9. The van der Waals surface area contributed by atoms with E-state index in [1.807, 2.05) is 7.11 Å². The minimum Gasteiger partial charge on any atom is -0.381 e. The molecule has 0 spiro atoms. The Balaban J connectivity index is 1.50. The number of fused-ring (bicyclic) bond motifs is 5. The molecule has 4 aliphatic carbocycles. The Morgan fingerprint density at radius 3 is 2.62 bits per heavy atom. The lowest BCUT2D eigenvalue weighted by Gasteiger charge is -2.58. The molecule has 3 saturated carbocycles. The Hall–Kier alpha value is -0.340. The van der Waals surface area contributed by atoms with E-state index in [-0.39, 0.29) is 0 Å². The van der Waals surface area contributed by atoms with Gasteiger partial charge < -0.3 is 10.1 Å². The predicted octanol–water partition coefficient (Wildman–Crippen LogP) is 6.60. The molecule has 1 N–H and O–H groups in total. The van der Waals surface area contributed by atoms with Gasteiger partial charge in [0.15, 0.2) is 0 Å². The quantitative estimate of drug-likeness (QED) is 0.506. The molecule has 0 bridgehead atoms. The molecule has 166 valence electrons. The summed E-state index contributed by atoms with van der Waals surface area (Å²) in [5.74, 6) is 4.44. The van der Waals surface area contributed by atoms with E-state index in [1.165, 1.54) is 64.3 Å². The topological polar surface area (TPSA) is 21.3 Å². The lowest BCUT2D eigenvalue weighted by atomic mass is 9.47. The number of methoxy groups -OCH3 is 1. The van der Waals surface area contributed by atoms with Crippen molar-refractivity contribution in [3.05, 3.63) is 11.6 Å². The van der Waals surface area contributed by atoms with Crippen molar-refractivity contribution in [2.24, 2.45) is 40.4 Å². The lowest BCUT2D eigenvalue weighted by Crippen LogP contribution is -2.52. The molecule has 3 fully saturated rings. The summed E-state index contributed by atoms with van der Waals surface area (Å²) in [6.07, 6.45) is 15.4. The first-order valence-corrected chi connectivity index (χ1v) is 12.8. The van der Waals surface area contributed by atoms with E-state index in [9.17, 15) is 0 Å². The Morgan fingerprint density at radius 2 is 1.90 bits per heavy atom. The van der Waals surface area contributed by atoms with Crippen LogP contribution < -0.4 is 5.32 Å². The van der Waals surface area contributed by atoms with Gasteiger partial charge in [-0.1, -0.05) is 45.8 Å². The molecule has 9 atom stereocenters. The minimum absolute atomic E-state index is 0.456. The molecular weight excluding hydrogens is 354 g/mol. The Morgan fingerprint density at radius 1 is 1.10 bits per heavy atom. The zero-order valence-electron chi connectivity index (χ0n) is 20.1. The van der Waals surface area contributed by atoms with Gasteiger partial charge in [0.2, 0.25) is 0 Å². The fraction of sp³-hybridized carbons (Fsp3) is 0.926. The molecule has 0 radical (unpaired) electrons. The highest BCUT2D eigenvalue weighted by molar-refractivity contribution is 5.25. The Bertz CT molecular complexity index is 614. The van der Waals surface area contributed by atoms with E-state index >= 15 is 0 Å². The first-order chi connectivity index (χ1) is 13.8. The average molecular weight is 402 g/mol. The van der Waals surface area contributed by atoms with Gasteiger partial charge in [-0.25, -0.2) is 0 Å². The van der Waals surface area contributed by atoms with Crippen molar-refractivity contribution in [2.75, 3.05) is 13.7 Å². The highest BCUT2D eigenvalue weighted by Crippen LogP contribution is 2.66. The van der Waals surface area contributed by atoms with Crippen LogP contribution in [0.15, 0.2) is 11.6 Å². The van der Waals surface area contributed by atoms with Crippen LogP contribution in [0, 0.1) is 40.4 Å². The predicted molar refractivity (Wildman–Crippen MR) is 123 cm³/mol. The number of nitrogens with one attached hydrogen (secondary N) is 1. The van der Waals surface area contributed by atoms with Crippen LogP contribution in [-0.2, 0) is 4.74 Å². The van der Waals surface area contributed by atoms with Crippen molar-refractivity contribution in [3.8, 4) is 0 Å². The average Bonchev–Trinajstić information content (AvgIpc) is 3.08. The van der Waals surface area contributed by atoms with Gasteiger partial charge in [-0.3, -0.25) is 0 Å². The van der Waals surface area contributed by atoms with E-state index in [1.54, 1.807) is 5.57 Å². The van der Waals surface area contributed by atoms with Crippen LogP contribution in [-0.4, -0.2) is 25.8 Å². The molecule has 0 aliphatic heterocycles. The molecule has 0 aromatic carbocycles. The molecule has 0 saturated heterocycles. The standard InChI is InChI=1S/C27H47NO/c1-7-18(2)17-28-19(3)23-10-11-24-22-9-8-20-16-21(29-6)12-14-26(20,4)25(22)13-15-27(23,24)5/h8,18-19,21-25,28H,7,9-17H2,1-6H3/t18?,19?,21-,22-,23+,24-,25-,26-,27+/m0/s1. The monoisotopic (exact) mass is 401 g/mol. The van der Waals surface area contributed by atoms with Crippen LogP contribution in [0.2, 0.25) is 0 Å². The molecule has 4 aliphatic rings. The third-order valence-corrected chi connectivity index (χ3v) is 10.6. The highest BCUT2D eigenvalue weighted by atomic mass is 16.5. The van der Waals surface area contributed by atoms with Crippen molar-refractivity contribution in [1.29, 1.82) is 0 Å². The number of allylic oxidation sites excluding steroid dienone is 1. The summed E-state index contributed by atoms with van der Waals surface area (Å²) in [4.78, 5) is 0. The van der Waals surface area contributed by atoms with Gasteiger partial charge in [0, 0.05) is 13.2 Å². The van der Waals surface area contributed by atoms with E-state index in [2.05, 4.69) is 46.0 Å². The van der Waals surface area contributed by atoms with Crippen molar-refractivity contribution in [3.63, 3.8) is 0 Å². The van der Waals surface area contributed by atoms with Crippen LogP contribution in [0.25, 0.3) is 0 Å². The summed E-state index contributed by atoms with van der Waals surface area (Å²) in [6, 6.07) is 0.665. The third kappa shape index (κ3) is 3.65. The van der Waals surface area contributed by atoms with Gasteiger partial charge in [-0.2, -0.15) is 0 Å². The molecule has 0 aromatic rings. The summed E-state index contributed by atoms with van der Waals surface area (Å²) in [5.41, 5.74) is 2.75. The van der Waals surface area contributed by atoms with Gasteiger partial charge in [0.25, 0.3) is 0 Å². The molecule has 0 aromatic heterocycles. The molecule has 0 amide bonds. The number of rotatable bonds is 6. The van der Waals surface area contributed by atoms with E-state index in [0.29, 0.717) is 23.0 Å². The number of hydrogen-bond donors (Lipinski definition) is 1. The lowest BCUT2D eigenvalue weighted by molar-refractivity contribution is -0.0568. The molecule has 29 heavy (non-hydrogen) atoms. The van der Waals surface area contributed by atoms with Gasteiger partial charge in [-0.15, -0.1) is 0 Å². The van der Waals surface area contributed by atoms with Crippen LogP contribution in [0.1, 0.15) is 92.4 Å². The largest absolute Gasteiger partial charge is 0.381 e. The second-order valence-electron chi connectivity index (χ2n) is 11.8. The van der Waals surface area contributed by atoms with Crippen LogP contribution >= 0.6 is 0 Å². The molecule has 4 rings (SSSR count). The Labute approximate surface area is 180 Å². The molecule has 0 heterocycles. The SMILES string of the molecule is CCC(C)CNC(C)[C@H]1CC[C@H]2[C@@H]3CC=C4C[C@@H](OC)CC[C@]4(C)[C@H]3CC[C@]12C. The molecule has 2 unspecified atom stereocenters. The fourth-order valence-corrected chi connectivity index (χ4v) is 8.36. The van der Waals surface area contributed by atoms with E-state index in [0.717, 1.165) is 29.6 Å². The minimum atomic E-state index is 0.456.